The summed E-state index contributed by atoms with van der Waals surface area (Å²) >= 11 is 0. The Balaban J connectivity index is 2.05. The fraction of sp³-hybridized carbons (Fsp3) is 1.00. The minimum absolute atomic E-state index is 0.995. The number of hydrogen-bond donors (Lipinski definition) is 0. The molecule has 14 heavy (non-hydrogen) atoms. The van der Waals surface area contributed by atoms with Gasteiger partial charge in [-0.2, -0.15) is 0 Å². The molecule has 1 aliphatic heterocycles. The van der Waals surface area contributed by atoms with Crippen molar-refractivity contribution in [3.8, 4) is 0 Å². The van der Waals surface area contributed by atoms with E-state index in [9.17, 15) is 0 Å². The standard InChI is InChI=1S/C13H27N/c1-3-5-6-7-10-14-11-8-9-13(4-2)12-14/h13H,3-12H2,1-2H3. The zero-order valence-electron chi connectivity index (χ0n) is 10.1. The molecule has 1 heteroatoms. The highest BCUT2D eigenvalue weighted by Crippen LogP contribution is 2.19. The fourth-order valence-electron chi connectivity index (χ4n) is 2.45. The van der Waals surface area contributed by atoms with E-state index in [1.807, 2.05) is 0 Å². The van der Waals surface area contributed by atoms with Crippen LogP contribution in [-0.2, 0) is 0 Å². The highest BCUT2D eigenvalue weighted by molar-refractivity contribution is 4.71. The number of likely N-dealkylation sites (tertiary alicyclic amines) is 1. The number of rotatable bonds is 6. The lowest BCUT2D eigenvalue weighted by atomic mass is 9.95. The predicted octanol–water partition coefficient (Wildman–Crippen LogP) is 3.69. The first-order valence-corrected chi connectivity index (χ1v) is 6.59. The summed E-state index contributed by atoms with van der Waals surface area (Å²) in [7, 11) is 0. The van der Waals surface area contributed by atoms with Gasteiger partial charge in [0, 0.05) is 6.54 Å². The highest BCUT2D eigenvalue weighted by Gasteiger charge is 2.17. The number of unbranched alkanes of at least 4 members (excludes halogenated alkanes) is 3. The topological polar surface area (TPSA) is 3.24 Å². The third kappa shape index (κ3) is 4.45. The molecule has 84 valence electrons. The largest absolute Gasteiger partial charge is 0.303 e. The lowest BCUT2D eigenvalue weighted by Gasteiger charge is -2.32. The van der Waals surface area contributed by atoms with Crippen LogP contribution in [0.25, 0.3) is 0 Å². The van der Waals surface area contributed by atoms with Crippen molar-refractivity contribution in [3.63, 3.8) is 0 Å². The van der Waals surface area contributed by atoms with Crippen molar-refractivity contribution >= 4 is 0 Å². The summed E-state index contributed by atoms with van der Waals surface area (Å²) in [5, 5.41) is 0. The molecule has 0 aromatic carbocycles. The SMILES string of the molecule is CCCCCCN1CCCC(CC)C1. The third-order valence-corrected chi connectivity index (χ3v) is 3.51. The Hall–Kier alpha value is -0.0400. The van der Waals surface area contributed by atoms with Gasteiger partial charge in [-0.15, -0.1) is 0 Å². The molecule has 1 atom stereocenters. The van der Waals surface area contributed by atoms with Crippen LogP contribution in [0.1, 0.15) is 58.8 Å². The first-order valence-electron chi connectivity index (χ1n) is 6.59. The van der Waals surface area contributed by atoms with Crippen molar-refractivity contribution in [2.24, 2.45) is 5.92 Å². The maximum absolute atomic E-state index is 2.69. The first kappa shape index (κ1) is 12.0. The molecule has 0 saturated carbocycles. The normalized spacial score (nSPS) is 24.0. The minimum Gasteiger partial charge on any atom is -0.303 e. The summed E-state index contributed by atoms with van der Waals surface area (Å²) in [6, 6.07) is 0. The van der Waals surface area contributed by atoms with Gasteiger partial charge in [0.05, 0.1) is 0 Å². The van der Waals surface area contributed by atoms with Crippen molar-refractivity contribution < 1.29 is 0 Å². The Bertz CT molecular complexity index is 133. The van der Waals surface area contributed by atoms with E-state index in [0.29, 0.717) is 0 Å². The average molecular weight is 197 g/mol. The van der Waals surface area contributed by atoms with Gasteiger partial charge in [0.15, 0.2) is 0 Å². The van der Waals surface area contributed by atoms with Gasteiger partial charge >= 0.3 is 0 Å². The van der Waals surface area contributed by atoms with Crippen LogP contribution in [-0.4, -0.2) is 24.5 Å². The Morgan fingerprint density at radius 1 is 1.14 bits per heavy atom. The van der Waals surface area contributed by atoms with Crippen LogP contribution in [0.15, 0.2) is 0 Å². The molecule has 0 spiro atoms. The molecule has 1 unspecified atom stereocenters. The van der Waals surface area contributed by atoms with Crippen molar-refractivity contribution in [2.45, 2.75) is 58.8 Å². The van der Waals surface area contributed by atoms with E-state index in [-0.39, 0.29) is 0 Å². The van der Waals surface area contributed by atoms with Gasteiger partial charge in [-0.05, 0) is 38.3 Å². The second-order valence-corrected chi connectivity index (χ2v) is 4.78. The quantitative estimate of drug-likeness (QED) is 0.587. The Kier molecular flexibility index (Phi) is 6.25. The van der Waals surface area contributed by atoms with Crippen LogP contribution in [0.2, 0.25) is 0 Å². The van der Waals surface area contributed by atoms with Crippen molar-refractivity contribution in [1.29, 1.82) is 0 Å². The van der Waals surface area contributed by atoms with Gasteiger partial charge in [-0.3, -0.25) is 0 Å². The Morgan fingerprint density at radius 2 is 2.00 bits per heavy atom. The van der Waals surface area contributed by atoms with Crippen LogP contribution in [0.5, 0.6) is 0 Å². The molecule has 0 aromatic rings. The molecule has 0 bridgehead atoms. The Labute approximate surface area is 89.9 Å². The van der Waals surface area contributed by atoms with Crippen LogP contribution >= 0.6 is 0 Å². The molecule has 1 heterocycles. The van der Waals surface area contributed by atoms with Gasteiger partial charge < -0.3 is 4.90 Å². The molecule has 1 rings (SSSR count). The average Bonchev–Trinajstić information content (AvgIpc) is 2.25. The molecule has 0 aromatic heterocycles. The summed E-state index contributed by atoms with van der Waals surface area (Å²) in [5.41, 5.74) is 0. The number of piperidine rings is 1. The zero-order chi connectivity index (χ0) is 10.2. The molecule has 1 saturated heterocycles. The summed E-state index contributed by atoms with van der Waals surface area (Å²) in [5.74, 6) is 0.995. The van der Waals surface area contributed by atoms with E-state index in [0.717, 1.165) is 5.92 Å². The van der Waals surface area contributed by atoms with E-state index in [4.69, 9.17) is 0 Å². The molecule has 0 N–H and O–H groups in total. The summed E-state index contributed by atoms with van der Waals surface area (Å²) in [4.78, 5) is 2.69. The molecule has 1 nitrogen and oxygen atoms in total. The molecule has 1 aliphatic rings. The molecule has 0 aliphatic carbocycles. The van der Waals surface area contributed by atoms with Gasteiger partial charge in [-0.25, -0.2) is 0 Å². The van der Waals surface area contributed by atoms with E-state index in [2.05, 4.69) is 18.7 Å². The summed E-state index contributed by atoms with van der Waals surface area (Å²) < 4.78 is 0. The van der Waals surface area contributed by atoms with Crippen molar-refractivity contribution in [1.82, 2.24) is 4.90 Å². The van der Waals surface area contributed by atoms with Gasteiger partial charge in [0.25, 0.3) is 0 Å². The van der Waals surface area contributed by atoms with Crippen LogP contribution in [0, 0.1) is 5.92 Å². The highest BCUT2D eigenvalue weighted by atomic mass is 15.1. The van der Waals surface area contributed by atoms with Gasteiger partial charge in [0.1, 0.15) is 0 Å². The minimum atomic E-state index is 0.995. The van der Waals surface area contributed by atoms with Gasteiger partial charge in [-0.1, -0.05) is 39.5 Å². The van der Waals surface area contributed by atoms with Crippen LogP contribution in [0.3, 0.4) is 0 Å². The zero-order valence-corrected chi connectivity index (χ0v) is 10.1. The Morgan fingerprint density at radius 3 is 2.71 bits per heavy atom. The lowest BCUT2D eigenvalue weighted by Crippen LogP contribution is -2.35. The fourth-order valence-corrected chi connectivity index (χ4v) is 2.45. The third-order valence-electron chi connectivity index (χ3n) is 3.51. The van der Waals surface area contributed by atoms with E-state index in [1.54, 1.807) is 0 Å². The number of hydrogen-bond acceptors (Lipinski definition) is 1. The first-order chi connectivity index (χ1) is 6.86. The summed E-state index contributed by atoms with van der Waals surface area (Å²) in [6.45, 7) is 8.72. The lowest BCUT2D eigenvalue weighted by molar-refractivity contribution is 0.169. The smallest absolute Gasteiger partial charge is 0.000956 e. The molecular formula is C13H27N. The second-order valence-electron chi connectivity index (χ2n) is 4.78. The van der Waals surface area contributed by atoms with E-state index < -0.39 is 0 Å². The maximum Gasteiger partial charge on any atom is 0.000956 e. The predicted molar refractivity (Wildman–Crippen MR) is 63.6 cm³/mol. The molecule has 0 radical (unpaired) electrons. The van der Waals surface area contributed by atoms with Crippen LogP contribution in [0.4, 0.5) is 0 Å². The second kappa shape index (κ2) is 7.28. The van der Waals surface area contributed by atoms with Crippen molar-refractivity contribution in [3.05, 3.63) is 0 Å². The van der Waals surface area contributed by atoms with E-state index in [1.165, 1.54) is 64.6 Å². The maximum atomic E-state index is 2.69. The number of nitrogens with zero attached hydrogens (tertiary/aromatic N) is 1. The van der Waals surface area contributed by atoms with Crippen LogP contribution < -0.4 is 0 Å². The monoisotopic (exact) mass is 197 g/mol. The summed E-state index contributed by atoms with van der Waals surface area (Å²) in [6.07, 6.45) is 9.93. The molecular weight excluding hydrogens is 170 g/mol. The van der Waals surface area contributed by atoms with Gasteiger partial charge in [0.2, 0.25) is 0 Å². The molecule has 1 fully saturated rings. The van der Waals surface area contributed by atoms with E-state index >= 15 is 0 Å². The van der Waals surface area contributed by atoms with Crippen molar-refractivity contribution in [2.75, 3.05) is 19.6 Å². The molecule has 0 amide bonds.